The SMILES string of the molecule is COc1cc2c(NCCN(C)C)nc(Cl)nc2cc1I. The molecule has 1 heterocycles. The Morgan fingerprint density at radius 1 is 1.35 bits per heavy atom. The molecule has 0 saturated carbocycles. The molecule has 0 unspecified atom stereocenters. The Morgan fingerprint density at radius 2 is 2.10 bits per heavy atom. The molecule has 1 N–H and O–H groups in total. The first-order valence-corrected chi connectivity index (χ1v) is 7.56. The molecule has 0 amide bonds. The van der Waals surface area contributed by atoms with Gasteiger partial charge in [-0.25, -0.2) is 9.97 Å². The number of likely N-dealkylation sites (N-methyl/N-ethyl adjacent to an activating group) is 1. The first-order valence-electron chi connectivity index (χ1n) is 6.10. The van der Waals surface area contributed by atoms with E-state index in [9.17, 15) is 0 Å². The van der Waals surface area contributed by atoms with Gasteiger partial charge in [0.2, 0.25) is 5.28 Å². The second-order valence-corrected chi connectivity index (χ2v) is 6.08. The normalized spacial score (nSPS) is 11.1. The summed E-state index contributed by atoms with van der Waals surface area (Å²) in [5, 5.41) is 4.44. The van der Waals surface area contributed by atoms with Crippen molar-refractivity contribution in [3.05, 3.63) is 21.0 Å². The average molecular weight is 407 g/mol. The van der Waals surface area contributed by atoms with Gasteiger partial charge in [0.25, 0.3) is 0 Å². The lowest BCUT2D eigenvalue weighted by Crippen LogP contribution is -2.21. The lowest BCUT2D eigenvalue weighted by molar-refractivity contribution is 0.412. The van der Waals surface area contributed by atoms with Gasteiger partial charge >= 0.3 is 0 Å². The van der Waals surface area contributed by atoms with Gasteiger partial charge in [0.05, 0.1) is 16.2 Å². The van der Waals surface area contributed by atoms with E-state index in [-0.39, 0.29) is 5.28 Å². The van der Waals surface area contributed by atoms with Crippen molar-refractivity contribution in [3.63, 3.8) is 0 Å². The number of nitrogens with zero attached hydrogens (tertiary/aromatic N) is 3. The monoisotopic (exact) mass is 406 g/mol. The van der Waals surface area contributed by atoms with Gasteiger partial charge in [-0.15, -0.1) is 0 Å². The second kappa shape index (κ2) is 6.73. The Kier molecular flexibility index (Phi) is 5.22. The number of nitrogens with one attached hydrogen (secondary N) is 1. The zero-order valence-corrected chi connectivity index (χ0v) is 14.5. The number of aromatic nitrogens is 2. The molecular weight excluding hydrogens is 391 g/mol. The number of rotatable bonds is 5. The van der Waals surface area contributed by atoms with E-state index in [2.05, 4.69) is 42.8 Å². The van der Waals surface area contributed by atoms with Crippen LogP contribution in [0.25, 0.3) is 10.9 Å². The molecule has 5 nitrogen and oxygen atoms in total. The molecular formula is C13H16ClIN4O. The molecule has 2 rings (SSSR count). The van der Waals surface area contributed by atoms with Crippen molar-refractivity contribution in [1.82, 2.24) is 14.9 Å². The van der Waals surface area contributed by atoms with Gasteiger partial charge in [0.1, 0.15) is 11.6 Å². The van der Waals surface area contributed by atoms with Gasteiger partial charge in [-0.1, -0.05) is 0 Å². The van der Waals surface area contributed by atoms with Crippen LogP contribution in [0, 0.1) is 3.57 Å². The number of hydrogen-bond donors (Lipinski definition) is 1. The van der Waals surface area contributed by atoms with Crippen molar-refractivity contribution in [2.75, 3.05) is 39.6 Å². The Balaban J connectivity index is 2.41. The number of anilines is 1. The lowest BCUT2D eigenvalue weighted by atomic mass is 10.2. The summed E-state index contributed by atoms with van der Waals surface area (Å²) in [4.78, 5) is 10.6. The molecule has 7 heteroatoms. The maximum absolute atomic E-state index is 5.98. The topological polar surface area (TPSA) is 50.3 Å². The molecule has 0 aliphatic carbocycles. The zero-order valence-electron chi connectivity index (χ0n) is 11.6. The van der Waals surface area contributed by atoms with E-state index in [0.717, 1.165) is 39.1 Å². The third-order valence-corrected chi connectivity index (χ3v) is 3.81. The maximum Gasteiger partial charge on any atom is 0.224 e. The molecule has 1 aromatic heterocycles. The number of ether oxygens (including phenoxy) is 1. The molecule has 0 bridgehead atoms. The fraction of sp³-hybridized carbons (Fsp3) is 0.385. The minimum atomic E-state index is 0.241. The summed E-state index contributed by atoms with van der Waals surface area (Å²) in [6.07, 6.45) is 0. The van der Waals surface area contributed by atoms with Crippen LogP contribution in [0.3, 0.4) is 0 Å². The summed E-state index contributed by atoms with van der Waals surface area (Å²) in [5.41, 5.74) is 0.808. The molecule has 2 aromatic rings. The van der Waals surface area contributed by atoms with Crippen LogP contribution < -0.4 is 10.1 Å². The number of benzene rings is 1. The highest BCUT2D eigenvalue weighted by atomic mass is 127. The molecule has 108 valence electrons. The predicted molar refractivity (Wildman–Crippen MR) is 90.9 cm³/mol. The number of halogens is 2. The Labute approximate surface area is 136 Å². The molecule has 0 spiro atoms. The molecule has 20 heavy (non-hydrogen) atoms. The van der Waals surface area contributed by atoms with Gasteiger partial charge in [-0.05, 0) is 60.4 Å². The van der Waals surface area contributed by atoms with Crippen molar-refractivity contribution >= 4 is 50.9 Å². The third kappa shape index (κ3) is 3.62. The van der Waals surface area contributed by atoms with Crippen molar-refractivity contribution in [2.45, 2.75) is 0 Å². The zero-order chi connectivity index (χ0) is 14.7. The van der Waals surface area contributed by atoms with E-state index in [0.29, 0.717) is 0 Å². The quantitative estimate of drug-likeness (QED) is 0.611. The summed E-state index contributed by atoms with van der Waals surface area (Å²) >= 11 is 8.20. The molecule has 0 atom stereocenters. The van der Waals surface area contributed by atoms with Crippen molar-refractivity contribution in [2.24, 2.45) is 0 Å². The van der Waals surface area contributed by atoms with Crippen LogP contribution >= 0.6 is 34.2 Å². The predicted octanol–water partition coefficient (Wildman–Crippen LogP) is 2.87. The van der Waals surface area contributed by atoms with E-state index in [1.54, 1.807) is 7.11 Å². The molecule has 0 fully saturated rings. The maximum atomic E-state index is 5.98. The molecule has 0 radical (unpaired) electrons. The summed E-state index contributed by atoms with van der Waals surface area (Å²) in [6, 6.07) is 3.88. The van der Waals surface area contributed by atoms with Crippen molar-refractivity contribution in [1.29, 1.82) is 0 Å². The highest BCUT2D eigenvalue weighted by Crippen LogP contribution is 2.30. The van der Waals surface area contributed by atoms with Crippen LogP contribution in [-0.2, 0) is 0 Å². The Hall–Kier alpha value is -0.860. The van der Waals surface area contributed by atoms with Gasteiger partial charge in [-0.3, -0.25) is 0 Å². The van der Waals surface area contributed by atoms with E-state index < -0.39 is 0 Å². The van der Waals surface area contributed by atoms with Crippen LogP contribution in [-0.4, -0.2) is 49.2 Å². The number of hydrogen-bond acceptors (Lipinski definition) is 5. The van der Waals surface area contributed by atoms with E-state index in [1.807, 2.05) is 26.2 Å². The minimum Gasteiger partial charge on any atom is -0.496 e. The summed E-state index contributed by atoms with van der Waals surface area (Å²) < 4.78 is 6.34. The number of methoxy groups -OCH3 is 1. The summed E-state index contributed by atoms with van der Waals surface area (Å²) in [5.74, 6) is 1.54. The highest BCUT2D eigenvalue weighted by molar-refractivity contribution is 14.1. The van der Waals surface area contributed by atoms with E-state index in [4.69, 9.17) is 16.3 Å². The molecule has 0 aliphatic heterocycles. The standard InChI is InChI=1S/C13H16ClIN4O/c1-19(2)5-4-16-12-8-6-11(20-3)9(15)7-10(8)17-13(14)18-12/h6-7H,4-5H2,1-3H3,(H,16,17,18). The van der Waals surface area contributed by atoms with E-state index in [1.165, 1.54) is 0 Å². The second-order valence-electron chi connectivity index (χ2n) is 4.58. The van der Waals surface area contributed by atoms with Gasteiger partial charge in [-0.2, -0.15) is 0 Å². The fourth-order valence-corrected chi connectivity index (χ4v) is 2.64. The first kappa shape index (κ1) is 15.5. The largest absolute Gasteiger partial charge is 0.496 e. The van der Waals surface area contributed by atoms with Gasteiger partial charge in [0, 0.05) is 18.5 Å². The smallest absolute Gasteiger partial charge is 0.224 e. The third-order valence-electron chi connectivity index (χ3n) is 2.79. The Bertz CT molecular complexity index is 621. The highest BCUT2D eigenvalue weighted by Gasteiger charge is 2.10. The minimum absolute atomic E-state index is 0.241. The summed E-state index contributed by atoms with van der Waals surface area (Å²) in [6.45, 7) is 1.69. The van der Waals surface area contributed by atoms with Crippen LogP contribution in [0.1, 0.15) is 0 Å². The molecule has 1 aromatic carbocycles. The Morgan fingerprint density at radius 3 is 2.75 bits per heavy atom. The van der Waals surface area contributed by atoms with Crippen LogP contribution in [0.2, 0.25) is 5.28 Å². The molecule has 0 aliphatic rings. The van der Waals surface area contributed by atoms with E-state index >= 15 is 0 Å². The van der Waals surface area contributed by atoms with Gasteiger partial charge < -0.3 is 15.0 Å². The summed E-state index contributed by atoms with van der Waals surface area (Å²) in [7, 11) is 5.70. The van der Waals surface area contributed by atoms with Crippen molar-refractivity contribution < 1.29 is 4.74 Å². The van der Waals surface area contributed by atoms with Gasteiger partial charge in [0.15, 0.2) is 0 Å². The van der Waals surface area contributed by atoms with Crippen LogP contribution in [0.5, 0.6) is 5.75 Å². The van der Waals surface area contributed by atoms with Crippen molar-refractivity contribution in [3.8, 4) is 5.75 Å². The fourth-order valence-electron chi connectivity index (χ4n) is 1.79. The first-order chi connectivity index (χ1) is 9.51. The average Bonchev–Trinajstić information content (AvgIpc) is 2.37. The lowest BCUT2D eigenvalue weighted by Gasteiger charge is -2.13. The van der Waals surface area contributed by atoms with Crippen LogP contribution in [0.15, 0.2) is 12.1 Å². The molecule has 0 saturated heterocycles. The van der Waals surface area contributed by atoms with Crippen LogP contribution in [0.4, 0.5) is 5.82 Å². The number of fused-ring (bicyclic) bond motifs is 1.